The highest BCUT2D eigenvalue weighted by Crippen LogP contribution is 2.33. The molecule has 0 saturated carbocycles. The Hall–Kier alpha value is -0.850. The zero-order valence-corrected chi connectivity index (χ0v) is 14.2. The van der Waals surface area contributed by atoms with Crippen LogP contribution in [0.2, 0.25) is 0 Å². The maximum Gasteiger partial charge on any atom is 0.317 e. The molecule has 1 N–H and O–H groups in total. The summed E-state index contributed by atoms with van der Waals surface area (Å²) < 4.78 is 17.3. The molecule has 3 saturated heterocycles. The van der Waals surface area contributed by atoms with Crippen molar-refractivity contribution in [3.63, 3.8) is 0 Å². The van der Waals surface area contributed by atoms with E-state index in [9.17, 15) is 4.79 Å². The molecule has 0 aromatic heterocycles. The molecule has 2 amide bonds. The zero-order valence-electron chi connectivity index (χ0n) is 14.2. The first-order chi connectivity index (χ1) is 11.2. The second kappa shape index (κ2) is 7.81. The van der Waals surface area contributed by atoms with Gasteiger partial charge in [0.05, 0.1) is 19.8 Å². The van der Waals surface area contributed by atoms with Crippen LogP contribution >= 0.6 is 0 Å². The number of ether oxygens (including phenoxy) is 3. The van der Waals surface area contributed by atoms with E-state index in [0.717, 1.165) is 44.7 Å². The summed E-state index contributed by atoms with van der Waals surface area (Å²) in [6, 6.07) is 0.0401. The molecule has 1 spiro atoms. The summed E-state index contributed by atoms with van der Waals surface area (Å²) in [4.78, 5) is 14.3. The van der Waals surface area contributed by atoms with Gasteiger partial charge in [-0.15, -0.1) is 0 Å². The van der Waals surface area contributed by atoms with Gasteiger partial charge in [0.2, 0.25) is 0 Å². The van der Waals surface area contributed by atoms with E-state index in [-0.39, 0.29) is 12.1 Å². The quantitative estimate of drug-likeness (QED) is 0.863. The maximum absolute atomic E-state index is 12.4. The fourth-order valence-corrected chi connectivity index (χ4v) is 3.75. The first-order valence-corrected chi connectivity index (χ1v) is 9.13. The first kappa shape index (κ1) is 17.0. The van der Waals surface area contributed by atoms with Gasteiger partial charge >= 0.3 is 6.03 Å². The Labute approximate surface area is 138 Å². The van der Waals surface area contributed by atoms with Crippen LogP contribution in [0.1, 0.15) is 45.4 Å². The third-order valence-corrected chi connectivity index (χ3v) is 5.36. The summed E-state index contributed by atoms with van der Waals surface area (Å²) in [5.74, 6) is 0.303. The number of nitrogens with zero attached hydrogens (tertiary/aromatic N) is 1. The largest absolute Gasteiger partial charge is 0.381 e. The van der Waals surface area contributed by atoms with Crippen molar-refractivity contribution in [1.29, 1.82) is 0 Å². The van der Waals surface area contributed by atoms with Gasteiger partial charge in [0.15, 0.2) is 5.79 Å². The monoisotopic (exact) mass is 326 g/mol. The van der Waals surface area contributed by atoms with E-state index in [2.05, 4.69) is 12.2 Å². The molecule has 0 unspecified atom stereocenters. The summed E-state index contributed by atoms with van der Waals surface area (Å²) in [6.45, 7) is 6.42. The predicted octanol–water partition coefficient (Wildman–Crippen LogP) is 2.13. The van der Waals surface area contributed by atoms with Crippen molar-refractivity contribution in [3.8, 4) is 0 Å². The molecule has 3 aliphatic heterocycles. The number of hydrogen-bond donors (Lipinski definition) is 1. The van der Waals surface area contributed by atoms with Crippen molar-refractivity contribution >= 4 is 6.03 Å². The van der Waals surface area contributed by atoms with Crippen molar-refractivity contribution in [1.82, 2.24) is 10.2 Å². The van der Waals surface area contributed by atoms with Gasteiger partial charge in [0, 0.05) is 32.5 Å². The summed E-state index contributed by atoms with van der Waals surface area (Å²) in [6.07, 6.45) is 6.20. The minimum Gasteiger partial charge on any atom is -0.381 e. The number of amides is 2. The normalized spacial score (nSPS) is 31.1. The smallest absolute Gasteiger partial charge is 0.317 e. The molecule has 23 heavy (non-hydrogen) atoms. The Balaban J connectivity index is 1.41. The molecule has 2 atom stereocenters. The lowest BCUT2D eigenvalue weighted by Crippen LogP contribution is -2.44. The van der Waals surface area contributed by atoms with E-state index in [1.165, 1.54) is 12.8 Å². The Morgan fingerprint density at radius 3 is 2.87 bits per heavy atom. The lowest BCUT2D eigenvalue weighted by atomic mass is 9.98. The summed E-state index contributed by atoms with van der Waals surface area (Å²) in [7, 11) is 0. The molecule has 6 nitrogen and oxygen atoms in total. The van der Waals surface area contributed by atoms with Gasteiger partial charge < -0.3 is 24.4 Å². The zero-order chi connectivity index (χ0) is 16.1. The van der Waals surface area contributed by atoms with Crippen LogP contribution in [0.25, 0.3) is 0 Å². The van der Waals surface area contributed by atoms with Crippen molar-refractivity contribution < 1.29 is 19.0 Å². The van der Waals surface area contributed by atoms with E-state index in [1.54, 1.807) is 0 Å². The van der Waals surface area contributed by atoms with Gasteiger partial charge in [-0.05, 0) is 25.2 Å². The van der Waals surface area contributed by atoms with Crippen molar-refractivity contribution in [2.75, 3.05) is 39.5 Å². The average Bonchev–Trinajstić information content (AvgIpc) is 2.82. The summed E-state index contributed by atoms with van der Waals surface area (Å²) in [5.41, 5.74) is 0. The van der Waals surface area contributed by atoms with E-state index in [0.29, 0.717) is 26.4 Å². The van der Waals surface area contributed by atoms with Crippen LogP contribution in [-0.4, -0.2) is 62.3 Å². The number of carbonyl (C=O) groups is 1. The van der Waals surface area contributed by atoms with Gasteiger partial charge in [-0.2, -0.15) is 0 Å². The minimum absolute atomic E-state index is 0.0401. The van der Waals surface area contributed by atoms with Gasteiger partial charge in [0.25, 0.3) is 0 Å². The number of likely N-dealkylation sites (tertiary alicyclic amines) is 1. The predicted molar refractivity (Wildman–Crippen MR) is 86.2 cm³/mol. The molecule has 132 valence electrons. The maximum atomic E-state index is 12.4. The molecule has 6 heteroatoms. The van der Waals surface area contributed by atoms with E-state index in [4.69, 9.17) is 14.2 Å². The highest BCUT2D eigenvalue weighted by atomic mass is 16.7. The minimum atomic E-state index is -0.468. The number of urea groups is 1. The second-order valence-corrected chi connectivity index (χ2v) is 6.95. The lowest BCUT2D eigenvalue weighted by molar-refractivity contribution is -0.210. The molecule has 0 bridgehead atoms. The molecule has 0 aromatic carbocycles. The van der Waals surface area contributed by atoms with Crippen molar-refractivity contribution in [2.45, 2.75) is 57.3 Å². The highest BCUT2D eigenvalue weighted by Gasteiger charge is 2.42. The van der Waals surface area contributed by atoms with Crippen LogP contribution in [0.4, 0.5) is 4.79 Å². The van der Waals surface area contributed by atoms with Gasteiger partial charge in [-0.3, -0.25) is 0 Å². The first-order valence-electron chi connectivity index (χ1n) is 9.13. The molecule has 0 radical (unpaired) electrons. The van der Waals surface area contributed by atoms with Crippen LogP contribution in [0, 0.1) is 5.92 Å². The number of nitrogens with one attached hydrogen (secondary N) is 1. The lowest BCUT2D eigenvalue weighted by Gasteiger charge is -2.31. The number of carbonyl (C=O) groups excluding carboxylic acids is 1. The van der Waals surface area contributed by atoms with E-state index in [1.807, 2.05) is 4.90 Å². The molecule has 3 rings (SSSR count). The van der Waals surface area contributed by atoms with Crippen molar-refractivity contribution in [3.05, 3.63) is 0 Å². The number of rotatable bonds is 3. The van der Waals surface area contributed by atoms with Gasteiger partial charge in [-0.25, -0.2) is 4.79 Å². The molecule has 3 fully saturated rings. The molecular formula is C17H30N2O4. The van der Waals surface area contributed by atoms with Crippen LogP contribution < -0.4 is 5.32 Å². The fraction of sp³-hybridized carbons (Fsp3) is 0.941. The Bertz CT molecular complexity index is 398. The topological polar surface area (TPSA) is 60.0 Å². The van der Waals surface area contributed by atoms with Crippen LogP contribution in [0.5, 0.6) is 0 Å². The van der Waals surface area contributed by atoms with E-state index >= 15 is 0 Å². The standard InChI is InChI=1S/C17H30N2O4/c1-2-14-4-3-8-19(9-5-14)16(20)18-12-15-13-22-17(23-15)6-10-21-11-7-17/h14-15H,2-13H2,1H3,(H,18,20)/t14-,15-/m1/s1. The molecule has 3 aliphatic rings. The fourth-order valence-electron chi connectivity index (χ4n) is 3.75. The van der Waals surface area contributed by atoms with Crippen LogP contribution in [0.3, 0.4) is 0 Å². The molecule has 0 aromatic rings. The average molecular weight is 326 g/mol. The molecular weight excluding hydrogens is 296 g/mol. The van der Waals surface area contributed by atoms with Crippen molar-refractivity contribution in [2.24, 2.45) is 5.92 Å². The third-order valence-electron chi connectivity index (χ3n) is 5.36. The highest BCUT2D eigenvalue weighted by molar-refractivity contribution is 5.74. The Morgan fingerprint density at radius 1 is 1.26 bits per heavy atom. The molecule has 0 aliphatic carbocycles. The SMILES string of the molecule is CC[C@@H]1CCCN(C(=O)NC[C@@H]2COC3(CCOCC3)O2)CC1. The van der Waals surface area contributed by atoms with Crippen LogP contribution in [-0.2, 0) is 14.2 Å². The van der Waals surface area contributed by atoms with E-state index < -0.39 is 5.79 Å². The molecule has 3 heterocycles. The van der Waals surface area contributed by atoms with Crippen LogP contribution in [0.15, 0.2) is 0 Å². The third kappa shape index (κ3) is 4.37. The van der Waals surface area contributed by atoms with Gasteiger partial charge in [-0.1, -0.05) is 13.3 Å². The Morgan fingerprint density at radius 2 is 2.09 bits per heavy atom. The summed E-state index contributed by atoms with van der Waals surface area (Å²) in [5, 5.41) is 3.03. The second-order valence-electron chi connectivity index (χ2n) is 6.95. The number of hydrogen-bond acceptors (Lipinski definition) is 4. The van der Waals surface area contributed by atoms with Gasteiger partial charge in [0.1, 0.15) is 6.10 Å². The Kier molecular flexibility index (Phi) is 5.77. The summed E-state index contributed by atoms with van der Waals surface area (Å²) >= 11 is 0.